The van der Waals surface area contributed by atoms with E-state index >= 15 is 0 Å². The zero-order valence-electron chi connectivity index (χ0n) is 16.0. The van der Waals surface area contributed by atoms with Gasteiger partial charge in [0.25, 0.3) is 0 Å². The highest BCUT2D eigenvalue weighted by molar-refractivity contribution is 5.99. The minimum atomic E-state index is -0.998. The lowest BCUT2D eigenvalue weighted by atomic mass is 10.0. The molecular weight excluding hydrogens is 362 g/mol. The number of methoxy groups -OCH3 is 1. The van der Waals surface area contributed by atoms with Gasteiger partial charge in [-0.2, -0.15) is 0 Å². The molecule has 28 heavy (non-hydrogen) atoms. The van der Waals surface area contributed by atoms with Crippen molar-refractivity contribution in [1.29, 1.82) is 0 Å². The van der Waals surface area contributed by atoms with Crippen LogP contribution in [-0.2, 0) is 30.3 Å². The summed E-state index contributed by atoms with van der Waals surface area (Å²) in [5, 5.41) is 7.76. The fraction of sp³-hybridized carbons (Fsp3) is 0.400. The molecule has 0 aromatic heterocycles. The molecule has 1 heterocycles. The second kappa shape index (κ2) is 9.68. The van der Waals surface area contributed by atoms with E-state index in [2.05, 4.69) is 27.3 Å². The molecule has 150 valence electrons. The largest absolute Gasteiger partial charge is 0.467 e. The maximum absolute atomic E-state index is 12.3. The average Bonchev–Trinajstić information content (AvgIpc) is 2.65. The van der Waals surface area contributed by atoms with Gasteiger partial charge >= 0.3 is 5.97 Å². The molecule has 1 aliphatic heterocycles. The van der Waals surface area contributed by atoms with E-state index in [4.69, 9.17) is 0 Å². The second-order valence-electron chi connectivity index (χ2n) is 6.82. The molecule has 3 atom stereocenters. The molecule has 8 heteroatoms. The summed E-state index contributed by atoms with van der Waals surface area (Å²) < 4.78 is 4.67. The van der Waals surface area contributed by atoms with Crippen LogP contribution in [0.1, 0.15) is 25.3 Å². The molecule has 8 nitrogen and oxygen atoms in total. The molecule has 1 aromatic rings. The van der Waals surface area contributed by atoms with E-state index in [-0.39, 0.29) is 18.7 Å². The van der Waals surface area contributed by atoms with Crippen molar-refractivity contribution in [3.63, 3.8) is 0 Å². The molecule has 0 unspecified atom stereocenters. The smallest absolute Gasteiger partial charge is 0.328 e. The lowest BCUT2D eigenvalue weighted by Gasteiger charge is -2.29. The predicted molar refractivity (Wildman–Crippen MR) is 102 cm³/mol. The number of hydrogen-bond acceptors (Lipinski definition) is 5. The lowest BCUT2D eigenvalue weighted by molar-refractivity contribution is -0.145. The number of ether oxygens (including phenoxy) is 1. The van der Waals surface area contributed by atoms with Crippen LogP contribution in [0, 0.1) is 0 Å². The number of piperazine rings is 1. The Kier molecular flexibility index (Phi) is 7.31. The molecular formula is C20H25N3O5. The van der Waals surface area contributed by atoms with Crippen molar-refractivity contribution in [3.05, 3.63) is 48.0 Å². The zero-order valence-corrected chi connectivity index (χ0v) is 16.0. The van der Waals surface area contributed by atoms with E-state index in [1.54, 1.807) is 6.92 Å². The van der Waals surface area contributed by atoms with Crippen molar-refractivity contribution in [2.75, 3.05) is 7.11 Å². The fourth-order valence-corrected chi connectivity index (χ4v) is 2.94. The molecule has 0 radical (unpaired) electrons. The molecule has 1 saturated heterocycles. The Morgan fingerprint density at radius 2 is 1.75 bits per heavy atom. The summed E-state index contributed by atoms with van der Waals surface area (Å²) in [5.74, 6) is -1.94. The minimum absolute atomic E-state index is 0.223. The van der Waals surface area contributed by atoms with E-state index in [1.165, 1.54) is 7.11 Å². The van der Waals surface area contributed by atoms with Gasteiger partial charge in [0.2, 0.25) is 17.7 Å². The van der Waals surface area contributed by atoms with Gasteiger partial charge in [0, 0.05) is 6.42 Å². The van der Waals surface area contributed by atoms with Gasteiger partial charge in [0.15, 0.2) is 0 Å². The normalized spacial score (nSPS) is 19.8. The summed E-state index contributed by atoms with van der Waals surface area (Å²) in [4.78, 5) is 48.7. The third-order valence-electron chi connectivity index (χ3n) is 4.31. The van der Waals surface area contributed by atoms with Gasteiger partial charge in [0.05, 0.1) is 13.5 Å². The quantitative estimate of drug-likeness (QED) is 0.436. The van der Waals surface area contributed by atoms with E-state index in [0.29, 0.717) is 12.0 Å². The summed E-state index contributed by atoms with van der Waals surface area (Å²) in [5.41, 5.74) is 1.61. The maximum atomic E-state index is 12.3. The molecule has 3 N–H and O–H groups in total. The standard InChI is InChI=1S/C20H25N3O5/c1-12(2)9-16(20(27)28-3)21-17(24)11-15-19(26)22-14(18(25)23-15)10-13-7-5-4-6-8-13/h4-8,14-16H,1,9-11H2,2-3H3,(H,21,24)(H,22,26)(H,23,25)/t14-,15-,16+/m0/s1. The first-order valence-corrected chi connectivity index (χ1v) is 8.96. The van der Waals surface area contributed by atoms with Gasteiger partial charge in [-0.3, -0.25) is 14.4 Å². The summed E-state index contributed by atoms with van der Waals surface area (Å²) >= 11 is 0. The number of rotatable bonds is 8. The van der Waals surface area contributed by atoms with Crippen molar-refractivity contribution in [2.24, 2.45) is 0 Å². The SMILES string of the molecule is C=C(C)C[C@@H](NC(=O)C[C@@H]1NC(=O)[C@H](Cc2ccccc2)NC1=O)C(=O)OC. The molecule has 3 amide bonds. The number of amides is 3. The Bertz CT molecular complexity index is 762. The maximum Gasteiger partial charge on any atom is 0.328 e. The average molecular weight is 387 g/mol. The van der Waals surface area contributed by atoms with Crippen LogP contribution in [0.15, 0.2) is 42.5 Å². The van der Waals surface area contributed by atoms with Crippen LogP contribution in [0.2, 0.25) is 0 Å². The minimum Gasteiger partial charge on any atom is -0.467 e. The predicted octanol–water partition coefficient (Wildman–Crippen LogP) is 0.226. The highest BCUT2D eigenvalue weighted by Crippen LogP contribution is 2.09. The highest BCUT2D eigenvalue weighted by Gasteiger charge is 2.35. The Morgan fingerprint density at radius 1 is 1.14 bits per heavy atom. The number of esters is 1. The van der Waals surface area contributed by atoms with Crippen LogP contribution >= 0.6 is 0 Å². The number of carbonyl (C=O) groups is 4. The number of carbonyl (C=O) groups excluding carboxylic acids is 4. The van der Waals surface area contributed by atoms with Gasteiger partial charge in [0.1, 0.15) is 18.1 Å². The van der Waals surface area contributed by atoms with Crippen LogP contribution in [0.5, 0.6) is 0 Å². The second-order valence-corrected chi connectivity index (χ2v) is 6.82. The van der Waals surface area contributed by atoms with Gasteiger partial charge in [-0.25, -0.2) is 4.79 Å². The van der Waals surface area contributed by atoms with Gasteiger partial charge in [-0.1, -0.05) is 35.9 Å². The van der Waals surface area contributed by atoms with E-state index in [1.807, 2.05) is 30.3 Å². The van der Waals surface area contributed by atoms with Crippen molar-refractivity contribution in [2.45, 2.75) is 44.3 Å². The molecule has 2 rings (SSSR count). The molecule has 0 aliphatic carbocycles. The Morgan fingerprint density at radius 3 is 2.36 bits per heavy atom. The molecule has 0 saturated carbocycles. The topological polar surface area (TPSA) is 114 Å². The molecule has 0 spiro atoms. The van der Waals surface area contributed by atoms with Gasteiger partial charge < -0.3 is 20.7 Å². The van der Waals surface area contributed by atoms with Crippen molar-refractivity contribution >= 4 is 23.7 Å². The van der Waals surface area contributed by atoms with Gasteiger partial charge in [-0.15, -0.1) is 6.58 Å². The summed E-state index contributed by atoms with van der Waals surface area (Å²) in [7, 11) is 1.22. The van der Waals surface area contributed by atoms with Crippen molar-refractivity contribution in [3.8, 4) is 0 Å². The monoisotopic (exact) mass is 387 g/mol. The lowest BCUT2D eigenvalue weighted by Crippen LogP contribution is -2.63. The summed E-state index contributed by atoms with van der Waals surface area (Å²) in [6.45, 7) is 5.45. The number of hydrogen-bond donors (Lipinski definition) is 3. The first-order valence-electron chi connectivity index (χ1n) is 8.96. The zero-order chi connectivity index (χ0) is 20.7. The Hall–Kier alpha value is -3.16. The molecule has 1 aromatic carbocycles. The third-order valence-corrected chi connectivity index (χ3v) is 4.31. The van der Waals surface area contributed by atoms with Crippen molar-refractivity contribution < 1.29 is 23.9 Å². The van der Waals surface area contributed by atoms with Crippen LogP contribution in [0.3, 0.4) is 0 Å². The van der Waals surface area contributed by atoms with Crippen LogP contribution in [0.25, 0.3) is 0 Å². The van der Waals surface area contributed by atoms with Crippen LogP contribution in [0.4, 0.5) is 0 Å². The molecule has 0 bridgehead atoms. The first kappa shape index (κ1) is 21.1. The number of nitrogens with one attached hydrogen (secondary N) is 3. The van der Waals surface area contributed by atoms with Crippen molar-refractivity contribution in [1.82, 2.24) is 16.0 Å². The Balaban J connectivity index is 1.93. The highest BCUT2D eigenvalue weighted by atomic mass is 16.5. The van der Waals surface area contributed by atoms with E-state index in [0.717, 1.165) is 5.56 Å². The summed E-state index contributed by atoms with van der Waals surface area (Å²) in [6.07, 6.45) is 0.306. The molecule has 1 fully saturated rings. The van der Waals surface area contributed by atoms with Crippen LogP contribution < -0.4 is 16.0 Å². The Labute approximate surface area is 163 Å². The number of benzene rings is 1. The third kappa shape index (κ3) is 5.94. The van der Waals surface area contributed by atoms with Crippen LogP contribution in [-0.4, -0.2) is 48.9 Å². The van der Waals surface area contributed by atoms with E-state index < -0.39 is 35.9 Å². The summed E-state index contributed by atoms with van der Waals surface area (Å²) in [6, 6.07) is 6.74. The van der Waals surface area contributed by atoms with Gasteiger partial charge in [-0.05, 0) is 18.9 Å². The first-order chi connectivity index (χ1) is 13.3. The fourth-order valence-electron chi connectivity index (χ4n) is 2.94. The van der Waals surface area contributed by atoms with E-state index in [9.17, 15) is 19.2 Å². The molecule has 1 aliphatic rings.